The van der Waals surface area contributed by atoms with Gasteiger partial charge in [-0.3, -0.25) is 4.79 Å². The second-order valence-corrected chi connectivity index (χ2v) is 6.30. The normalized spacial score (nSPS) is 19.3. The van der Waals surface area contributed by atoms with Gasteiger partial charge in [0.1, 0.15) is 5.82 Å². The number of amides is 1. The Morgan fingerprint density at radius 3 is 2.73 bits per heavy atom. The van der Waals surface area contributed by atoms with Gasteiger partial charge in [0.15, 0.2) is 0 Å². The summed E-state index contributed by atoms with van der Waals surface area (Å²) in [6.07, 6.45) is 3.20. The van der Waals surface area contributed by atoms with Crippen molar-refractivity contribution in [3.8, 4) is 0 Å². The van der Waals surface area contributed by atoms with Gasteiger partial charge in [-0.15, -0.1) is 0 Å². The van der Waals surface area contributed by atoms with Gasteiger partial charge in [0.25, 0.3) is 0 Å². The predicted molar refractivity (Wildman–Crippen MR) is 87.9 cm³/mol. The van der Waals surface area contributed by atoms with E-state index in [9.17, 15) is 4.79 Å². The molecule has 0 unspecified atom stereocenters. The first-order valence-corrected chi connectivity index (χ1v) is 8.21. The molecule has 2 fully saturated rings. The molecule has 22 heavy (non-hydrogen) atoms. The summed E-state index contributed by atoms with van der Waals surface area (Å²) in [4.78, 5) is 21.4. The molecule has 1 aromatic heterocycles. The summed E-state index contributed by atoms with van der Waals surface area (Å²) >= 11 is 0. The van der Waals surface area contributed by atoms with Crippen LogP contribution in [-0.2, 0) is 4.79 Å². The zero-order chi connectivity index (χ0) is 14.9. The highest BCUT2D eigenvalue weighted by Gasteiger charge is 2.33. The monoisotopic (exact) mass is 295 g/mol. The van der Waals surface area contributed by atoms with Gasteiger partial charge in [-0.05, 0) is 37.5 Å². The van der Waals surface area contributed by atoms with Gasteiger partial charge in [-0.2, -0.15) is 0 Å². The average Bonchev–Trinajstić information content (AvgIpc) is 3.40. The van der Waals surface area contributed by atoms with Crippen LogP contribution < -0.4 is 4.90 Å². The van der Waals surface area contributed by atoms with E-state index < -0.39 is 0 Å². The second kappa shape index (κ2) is 5.59. The standard InChI is InChI=1S/C18H21N3O/c22-18(15-6-7-15)21-11-3-10-20(12-13-21)17-9-8-14-4-1-2-5-16(14)19-17/h1-2,4-5,8-9,15H,3,6-7,10-13H2. The molecule has 4 heteroatoms. The molecule has 4 rings (SSSR count). The van der Waals surface area contributed by atoms with Crippen molar-refractivity contribution in [1.29, 1.82) is 0 Å². The number of pyridine rings is 1. The van der Waals surface area contributed by atoms with Crippen LogP contribution in [0.5, 0.6) is 0 Å². The lowest BCUT2D eigenvalue weighted by atomic mass is 10.2. The van der Waals surface area contributed by atoms with Crippen LogP contribution in [0.25, 0.3) is 10.9 Å². The highest BCUT2D eigenvalue weighted by molar-refractivity contribution is 5.81. The molecule has 1 aliphatic heterocycles. The van der Waals surface area contributed by atoms with Crippen molar-refractivity contribution in [3.63, 3.8) is 0 Å². The first-order chi connectivity index (χ1) is 10.8. The van der Waals surface area contributed by atoms with Crippen molar-refractivity contribution < 1.29 is 4.79 Å². The van der Waals surface area contributed by atoms with E-state index in [4.69, 9.17) is 4.98 Å². The van der Waals surface area contributed by atoms with Crippen LogP contribution in [0.2, 0.25) is 0 Å². The van der Waals surface area contributed by atoms with E-state index in [0.717, 1.165) is 56.8 Å². The molecule has 2 aliphatic rings. The number of rotatable bonds is 2. The number of carbonyl (C=O) groups excluding carboxylic acids is 1. The molecular weight excluding hydrogens is 274 g/mol. The van der Waals surface area contributed by atoms with E-state index in [0.29, 0.717) is 11.8 Å². The summed E-state index contributed by atoms with van der Waals surface area (Å²) in [6.45, 7) is 3.56. The molecule has 0 N–H and O–H groups in total. The van der Waals surface area contributed by atoms with Crippen LogP contribution in [0.3, 0.4) is 0 Å². The average molecular weight is 295 g/mol. The Bertz CT molecular complexity index is 696. The maximum absolute atomic E-state index is 12.2. The fourth-order valence-electron chi connectivity index (χ4n) is 3.19. The zero-order valence-corrected chi connectivity index (χ0v) is 12.7. The maximum Gasteiger partial charge on any atom is 0.225 e. The molecule has 1 saturated heterocycles. The molecular formula is C18H21N3O. The SMILES string of the molecule is O=C(C1CC1)N1CCCN(c2ccc3ccccc3n2)CC1. The Hall–Kier alpha value is -2.10. The summed E-state index contributed by atoms with van der Waals surface area (Å²) in [7, 11) is 0. The highest BCUT2D eigenvalue weighted by Crippen LogP contribution is 2.31. The van der Waals surface area contributed by atoms with Crippen LogP contribution >= 0.6 is 0 Å². The van der Waals surface area contributed by atoms with Gasteiger partial charge < -0.3 is 9.80 Å². The minimum Gasteiger partial charge on any atom is -0.355 e. The summed E-state index contributed by atoms with van der Waals surface area (Å²) in [5.41, 5.74) is 1.04. The topological polar surface area (TPSA) is 36.4 Å². The number of hydrogen-bond acceptors (Lipinski definition) is 3. The molecule has 2 aromatic rings. The molecule has 2 heterocycles. The molecule has 0 bridgehead atoms. The van der Waals surface area contributed by atoms with E-state index in [-0.39, 0.29) is 0 Å². The Balaban J connectivity index is 1.50. The first kappa shape index (κ1) is 13.6. The Labute approximate surface area is 130 Å². The number of anilines is 1. The summed E-state index contributed by atoms with van der Waals surface area (Å²) in [5.74, 6) is 1.72. The van der Waals surface area contributed by atoms with E-state index in [2.05, 4.69) is 34.1 Å². The van der Waals surface area contributed by atoms with Crippen molar-refractivity contribution in [2.75, 3.05) is 31.1 Å². The van der Waals surface area contributed by atoms with Crippen molar-refractivity contribution in [2.24, 2.45) is 5.92 Å². The van der Waals surface area contributed by atoms with Gasteiger partial charge in [-0.25, -0.2) is 4.98 Å². The number of para-hydroxylation sites is 1. The molecule has 4 nitrogen and oxygen atoms in total. The molecule has 0 radical (unpaired) electrons. The minimum absolute atomic E-state index is 0.324. The lowest BCUT2D eigenvalue weighted by Gasteiger charge is -2.23. The molecule has 0 spiro atoms. The molecule has 1 saturated carbocycles. The van der Waals surface area contributed by atoms with Gasteiger partial charge in [-0.1, -0.05) is 18.2 Å². The zero-order valence-electron chi connectivity index (χ0n) is 12.7. The van der Waals surface area contributed by atoms with E-state index in [1.807, 2.05) is 12.1 Å². The van der Waals surface area contributed by atoms with E-state index >= 15 is 0 Å². The maximum atomic E-state index is 12.2. The predicted octanol–water partition coefficient (Wildman–Crippen LogP) is 2.68. The van der Waals surface area contributed by atoms with Crippen molar-refractivity contribution in [1.82, 2.24) is 9.88 Å². The number of carbonyl (C=O) groups is 1. The lowest BCUT2D eigenvalue weighted by molar-refractivity contribution is -0.132. The molecule has 114 valence electrons. The minimum atomic E-state index is 0.324. The Kier molecular flexibility index (Phi) is 3.45. The smallest absolute Gasteiger partial charge is 0.225 e. The van der Waals surface area contributed by atoms with Gasteiger partial charge in [0.2, 0.25) is 5.91 Å². The third-order valence-electron chi connectivity index (χ3n) is 4.64. The van der Waals surface area contributed by atoms with Gasteiger partial charge in [0.05, 0.1) is 5.52 Å². The Morgan fingerprint density at radius 1 is 1.00 bits per heavy atom. The highest BCUT2D eigenvalue weighted by atomic mass is 16.2. The first-order valence-electron chi connectivity index (χ1n) is 8.21. The van der Waals surface area contributed by atoms with Crippen LogP contribution in [0.1, 0.15) is 19.3 Å². The van der Waals surface area contributed by atoms with Crippen molar-refractivity contribution in [2.45, 2.75) is 19.3 Å². The quantitative estimate of drug-likeness (QED) is 0.854. The third-order valence-corrected chi connectivity index (χ3v) is 4.64. The second-order valence-electron chi connectivity index (χ2n) is 6.30. The van der Waals surface area contributed by atoms with E-state index in [1.54, 1.807) is 0 Å². The van der Waals surface area contributed by atoms with Crippen molar-refractivity contribution >= 4 is 22.6 Å². The number of benzene rings is 1. The molecule has 1 aromatic carbocycles. The molecule has 1 amide bonds. The third kappa shape index (κ3) is 2.65. The molecule has 0 atom stereocenters. The Morgan fingerprint density at radius 2 is 1.86 bits per heavy atom. The van der Waals surface area contributed by atoms with Crippen LogP contribution in [-0.4, -0.2) is 42.0 Å². The number of hydrogen-bond donors (Lipinski definition) is 0. The molecule has 1 aliphatic carbocycles. The van der Waals surface area contributed by atoms with E-state index in [1.165, 1.54) is 5.39 Å². The van der Waals surface area contributed by atoms with Crippen LogP contribution in [0.4, 0.5) is 5.82 Å². The van der Waals surface area contributed by atoms with Gasteiger partial charge >= 0.3 is 0 Å². The van der Waals surface area contributed by atoms with Crippen LogP contribution in [0.15, 0.2) is 36.4 Å². The number of aromatic nitrogens is 1. The fraction of sp³-hybridized carbons (Fsp3) is 0.444. The number of nitrogens with zero attached hydrogens (tertiary/aromatic N) is 3. The van der Waals surface area contributed by atoms with Gasteiger partial charge in [0, 0.05) is 37.5 Å². The summed E-state index contributed by atoms with van der Waals surface area (Å²) < 4.78 is 0. The summed E-state index contributed by atoms with van der Waals surface area (Å²) in [5, 5.41) is 1.17. The fourth-order valence-corrected chi connectivity index (χ4v) is 3.19. The number of fused-ring (bicyclic) bond motifs is 1. The lowest BCUT2D eigenvalue weighted by Crippen LogP contribution is -2.36. The summed E-state index contributed by atoms with van der Waals surface area (Å²) in [6, 6.07) is 12.4. The largest absolute Gasteiger partial charge is 0.355 e. The van der Waals surface area contributed by atoms with Crippen molar-refractivity contribution in [3.05, 3.63) is 36.4 Å². The van der Waals surface area contributed by atoms with Crippen LogP contribution in [0, 0.1) is 5.92 Å².